The summed E-state index contributed by atoms with van der Waals surface area (Å²) >= 11 is 0. The molecule has 2 N–H and O–H groups in total. The van der Waals surface area contributed by atoms with Gasteiger partial charge in [-0.2, -0.15) is 0 Å². The van der Waals surface area contributed by atoms with Gasteiger partial charge < -0.3 is 10.6 Å². The summed E-state index contributed by atoms with van der Waals surface area (Å²) in [4.78, 5) is 2.47. The smallest absolute Gasteiger partial charge is 0.00795 e. The highest BCUT2D eigenvalue weighted by atomic mass is 15.1. The van der Waals surface area contributed by atoms with Crippen molar-refractivity contribution < 1.29 is 0 Å². The zero-order valence-electron chi connectivity index (χ0n) is 12.4. The molecule has 0 bridgehead atoms. The van der Waals surface area contributed by atoms with E-state index in [1.54, 1.807) is 0 Å². The van der Waals surface area contributed by atoms with Crippen molar-refractivity contribution in [1.82, 2.24) is 4.90 Å². The molecule has 0 radical (unpaired) electrons. The van der Waals surface area contributed by atoms with E-state index in [9.17, 15) is 0 Å². The van der Waals surface area contributed by atoms with Crippen molar-refractivity contribution in [3.63, 3.8) is 0 Å². The van der Waals surface area contributed by atoms with Gasteiger partial charge in [0.25, 0.3) is 0 Å². The third kappa shape index (κ3) is 4.97. The minimum absolute atomic E-state index is 0.430. The Morgan fingerprint density at radius 3 is 2.35 bits per heavy atom. The van der Waals surface area contributed by atoms with Crippen LogP contribution in [-0.4, -0.2) is 31.1 Å². The number of nitrogens with zero attached hydrogens (tertiary/aromatic N) is 1. The Balaban J connectivity index is 2.44. The normalized spacial score (nSPS) is 30.5. The first kappa shape index (κ1) is 15.0. The van der Waals surface area contributed by atoms with Crippen LogP contribution >= 0.6 is 0 Å². The molecule has 0 saturated heterocycles. The first-order valence-electron chi connectivity index (χ1n) is 7.34. The summed E-state index contributed by atoms with van der Waals surface area (Å²) < 4.78 is 0. The lowest BCUT2D eigenvalue weighted by Gasteiger charge is -2.38. The van der Waals surface area contributed by atoms with Gasteiger partial charge in [-0.1, -0.05) is 27.7 Å². The topological polar surface area (TPSA) is 29.3 Å². The molecule has 0 aromatic carbocycles. The largest absolute Gasteiger partial charge is 0.327 e. The van der Waals surface area contributed by atoms with Crippen molar-refractivity contribution in [2.45, 2.75) is 53.0 Å². The van der Waals surface area contributed by atoms with Crippen LogP contribution in [0.1, 0.15) is 47.0 Å². The fourth-order valence-electron chi connectivity index (χ4n) is 3.24. The predicted octanol–water partition coefficient (Wildman–Crippen LogP) is 2.97. The molecular weight excluding hydrogens is 208 g/mol. The van der Waals surface area contributed by atoms with Crippen LogP contribution in [0.2, 0.25) is 0 Å². The van der Waals surface area contributed by atoms with Crippen molar-refractivity contribution in [3.05, 3.63) is 0 Å². The molecule has 2 nitrogen and oxygen atoms in total. The second kappa shape index (κ2) is 6.75. The molecule has 0 heterocycles. The van der Waals surface area contributed by atoms with Gasteiger partial charge in [0.15, 0.2) is 0 Å². The minimum Gasteiger partial charge on any atom is -0.327 e. The van der Waals surface area contributed by atoms with E-state index in [-0.39, 0.29) is 0 Å². The highest BCUT2D eigenvalue weighted by molar-refractivity contribution is 4.85. The molecule has 1 fully saturated rings. The van der Waals surface area contributed by atoms with E-state index >= 15 is 0 Å². The SMILES string of the molecule is CC(C)CN(C)CC1CC(C(C)C)CCC1N. The van der Waals surface area contributed by atoms with Crippen LogP contribution in [0.3, 0.4) is 0 Å². The molecular formula is C15H32N2. The van der Waals surface area contributed by atoms with Crippen molar-refractivity contribution in [2.75, 3.05) is 20.1 Å². The summed E-state index contributed by atoms with van der Waals surface area (Å²) in [5.74, 6) is 3.17. The Hall–Kier alpha value is -0.0800. The summed E-state index contributed by atoms with van der Waals surface area (Å²) in [5.41, 5.74) is 6.29. The Morgan fingerprint density at radius 2 is 1.82 bits per heavy atom. The fraction of sp³-hybridized carbons (Fsp3) is 1.00. The maximum Gasteiger partial charge on any atom is 0.00795 e. The lowest BCUT2D eigenvalue weighted by molar-refractivity contribution is 0.144. The minimum atomic E-state index is 0.430. The first-order chi connectivity index (χ1) is 7.90. The van der Waals surface area contributed by atoms with Crippen LogP contribution in [0.5, 0.6) is 0 Å². The van der Waals surface area contributed by atoms with Crippen molar-refractivity contribution in [3.8, 4) is 0 Å². The van der Waals surface area contributed by atoms with Crippen LogP contribution < -0.4 is 5.73 Å². The standard InChI is InChI=1S/C15H32N2/c1-11(2)9-17(5)10-14-8-13(12(3)4)6-7-15(14)16/h11-15H,6-10,16H2,1-5H3. The van der Waals surface area contributed by atoms with Crippen LogP contribution in [0.15, 0.2) is 0 Å². The third-order valence-corrected chi connectivity index (χ3v) is 4.25. The third-order valence-electron chi connectivity index (χ3n) is 4.25. The Bertz CT molecular complexity index is 213. The molecule has 1 aliphatic rings. The van der Waals surface area contributed by atoms with E-state index < -0.39 is 0 Å². The van der Waals surface area contributed by atoms with Gasteiger partial charge in [-0.15, -0.1) is 0 Å². The molecule has 0 amide bonds. The first-order valence-corrected chi connectivity index (χ1v) is 7.34. The number of rotatable bonds is 5. The number of hydrogen-bond donors (Lipinski definition) is 1. The molecule has 102 valence electrons. The Morgan fingerprint density at radius 1 is 1.18 bits per heavy atom. The van der Waals surface area contributed by atoms with Crippen LogP contribution in [0.4, 0.5) is 0 Å². The molecule has 1 saturated carbocycles. The molecule has 0 spiro atoms. The van der Waals surface area contributed by atoms with Crippen molar-refractivity contribution >= 4 is 0 Å². The monoisotopic (exact) mass is 240 g/mol. The van der Waals surface area contributed by atoms with Crippen LogP contribution in [0.25, 0.3) is 0 Å². The highest BCUT2D eigenvalue weighted by Gasteiger charge is 2.30. The zero-order chi connectivity index (χ0) is 13.0. The van der Waals surface area contributed by atoms with Gasteiger partial charge in [-0.3, -0.25) is 0 Å². The van der Waals surface area contributed by atoms with E-state index in [1.807, 2.05) is 0 Å². The molecule has 0 aromatic rings. The number of nitrogens with two attached hydrogens (primary N) is 1. The fourth-order valence-corrected chi connectivity index (χ4v) is 3.24. The molecule has 3 unspecified atom stereocenters. The van der Waals surface area contributed by atoms with Crippen LogP contribution in [-0.2, 0) is 0 Å². The van der Waals surface area contributed by atoms with E-state index in [0.717, 1.165) is 17.8 Å². The average molecular weight is 240 g/mol. The molecule has 0 aliphatic heterocycles. The molecule has 2 heteroatoms. The summed E-state index contributed by atoms with van der Waals surface area (Å²) in [6, 6.07) is 0.430. The maximum absolute atomic E-state index is 6.29. The summed E-state index contributed by atoms with van der Waals surface area (Å²) in [7, 11) is 2.24. The molecule has 1 rings (SSSR count). The second-order valence-electron chi connectivity index (χ2n) is 6.86. The molecule has 17 heavy (non-hydrogen) atoms. The maximum atomic E-state index is 6.29. The zero-order valence-corrected chi connectivity index (χ0v) is 12.4. The van der Waals surface area contributed by atoms with E-state index in [2.05, 4.69) is 39.6 Å². The number of hydrogen-bond acceptors (Lipinski definition) is 2. The van der Waals surface area contributed by atoms with Gasteiger partial charge in [0, 0.05) is 19.1 Å². The van der Waals surface area contributed by atoms with E-state index in [0.29, 0.717) is 12.0 Å². The summed E-state index contributed by atoms with van der Waals surface area (Å²) in [6.45, 7) is 11.7. The highest BCUT2D eigenvalue weighted by Crippen LogP contribution is 2.33. The van der Waals surface area contributed by atoms with Gasteiger partial charge in [-0.25, -0.2) is 0 Å². The Labute approximate surface area is 108 Å². The lowest BCUT2D eigenvalue weighted by Crippen LogP contribution is -2.43. The van der Waals surface area contributed by atoms with Crippen molar-refractivity contribution in [1.29, 1.82) is 0 Å². The Kier molecular flexibility index (Phi) is 5.94. The summed E-state index contributed by atoms with van der Waals surface area (Å²) in [5, 5.41) is 0. The average Bonchev–Trinajstić information content (AvgIpc) is 2.19. The van der Waals surface area contributed by atoms with E-state index in [1.165, 1.54) is 32.4 Å². The predicted molar refractivity (Wildman–Crippen MR) is 76.0 cm³/mol. The van der Waals surface area contributed by atoms with Gasteiger partial charge in [-0.05, 0) is 50.0 Å². The van der Waals surface area contributed by atoms with Gasteiger partial charge in [0.2, 0.25) is 0 Å². The van der Waals surface area contributed by atoms with Gasteiger partial charge >= 0.3 is 0 Å². The van der Waals surface area contributed by atoms with Gasteiger partial charge in [0.05, 0.1) is 0 Å². The molecule has 3 atom stereocenters. The van der Waals surface area contributed by atoms with E-state index in [4.69, 9.17) is 5.73 Å². The van der Waals surface area contributed by atoms with Crippen molar-refractivity contribution in [2.24, 2.45) is 29.4 Å². The second-order valence-corrected chi connectivity index (χ2v) is 6.86. The molecule has 1 aliphatic carbocycles. The van der Waals surface area contributed by atoms with Crippen LogP contribution in [0, 0.1) is 23.7 Å². The van der Waals surface area contributed by atoms with Gasteiger partial charge in [0.1, 0.15) is 0 Å². The summed E-state index contributed by atoms with van der Waals surface area (Å²) in [6.07, 6.45) is 3.90. The quantitative estimate of drug-likeness (QED) is 0.800. The molecule has 0 aromatic heterocycles. The lowest BCUT2D eigenvalue weighted by atomic mass is 9.74.